The number of rotatable bonds is 41. The van der Waals surface area contributed by atoms with Gasteiger partial charge in [0.05, 0.1) is 85.4 Å². The highest BCUT2D eigenvalue weighted by molar-refractivity contribution is 7.52. The molecule has 0 radical (unpaired) electrons. The molecule has 18 atom stereocenters. The fourth-order valence-corrected chi connectivity index (χ4v) is 11.1. The molecule has 0 aromatic carbocycles. The Balaban J connectivity index is 1.36. The van der Waals surface area contributed by atoms with Crippen molar-refractivity contribution in [2.24, 2.45) is 5.92 Å². The number of hydrogen-bond donors (Lipinski definition) is 18. The van der Waals surface area contributed by atoms with Gasteiger partial charge in [-0.25, -0.2) is 0 Å². The summed E-state index contributed by atoms with van der Waals surface area (Å²) >= 11 is 0. The number of hydrogen-bond acceptors (Lipinski definition) is 28. The highest BCUT2D eigenvalue weighted by Gasteiger charge is 2.48. The van der Waals surface area contributed by atoms with Crippen LogP contribution in [0.5, 0.6) is 0 Å². The van der Waals surface area contributed by atoms with E-state index in [1.54, 1.807) is 0 Å². The van der Waals surface area contributed by atoms with E-state index < -0.39 is 197 Å². The second-order valence-corrected chi connectivity index (χ2v) is 24.6. The third-order valence-electron chi connectivity index (χ3n) is 15.3. The van der Waals surface area contributed by atoms with Crippen LogP contribution < -0.4 is 42.5 Å². The minimum absolute atomic E-state index is 0.0308. The Labute approximate surface area is 537 Å². The van der Waals surface area contributed by atoms with E-state index in [0.29, 0.717) is 0 Å². The van der Waals surface area contributed by atoms with Crippen LogP contribution in [0.15, 0.2) is 0 Å². The Morgan fingerprint density at radius 3 is 1.19 bits per heavy atom. The second kappa shape index (κ2) is 42.0. The zero-order valence-corrected chi connectivity index (χ0v) is 53.5. The summed E-state index contributed by atoms with van der Waals surface area (Å²) in [5.74, 6) is -5.64. The molecule has 18 unspecified atom stereocenters. The number of amides is 8. The molecule has 0 aromatic heterocycles. The van der Waals surface area contributed by atoms with E-state index in [-0.39, 0.29) is 130 Å². The highest BCUT2D eigenvalue weighted by Crippen LogP contribution is 2.45. The first-order valence-corrected chi connectivity index (χ1v) is 32.7. The van der Waals surface area contributed by atoms with Crippen LogP contribution in [0.3, 0.4) is 0 Å². The summed E-state index contributed by atoms with van der Waals surface area (Å²) in [5, 5.41) is 112. The van der Waals surface area contributed by atoms with Crippen LogP contribution in [0, 0.1) is 5.92 Å². The van der Waals surface area contributed by atoms with Crippen LogP contribution in [0.2, 0.25) is 0 Å². The van der Waals surface area contributed by atoms with Crippen LogP contribution >= 0.6 is 7.60 Å². The maximum atomic E-state index is 13.8. The lowest BCUT2D eigenvalue weighted by Gasteiger charge is -2.42. The van der Waals surface area contributed by atoms with Crippen molar-refractivity contribution in [3.63, 3.8) is 0 Å². The van der Waals surface area contributed by atoms with Crippen molar-refractivity contribution in [2.45, 2.75) is 189 Å². The molecule has 18 N–H and O–H groups in total. The first-order chi connectivity index (χ1) is 44.2. The number of nitrogens with one attached hydrogen (secondary N) is 8. The van der Waals surface area contributed by atoms with E-state index in [9.17, 15) is 93.8 Å². The Hall–Kier alpha value is -4.81. The normalized spacial score (nSPS) is 30.1. The first kappa shape index (κ1) is 80.6. The Morgan fingerprint density at radius 1 is 0.484 bits per heavy atom. The maximum absolute atomic E-state index is 13.8. The van der Waals surface area contributed by atoms with Crippen molar-refractivity contribution in [2.75, 3.05) is 105 Å². The molecule has 4 aliphatic rings. The van der Waals surface area contributed by atoms with Crippen LogP contribution in [0.1, 0.15) is 79.1 Å². The molecule has 38 heteroatoms. The molecule has 4 rings (SSSR count). The fourth-order valence-electron chi connectivity index (χ4n) is 10.3. The predicted octanol–water partition coefficient (Wildman–Crippen LogP) is -8.42. The van der Waals surface area contributed by atoms with Gasteiger partial charge in [-0.2, -0.15) is 0 Å². The van der Waals surface area contributed by atoms with Gasteiger partial charge in [-0.05, 0) is 38.5 Å². The van der Waals surface area contributed by atoms with Gasteiger partial charge in [0.25, 0.3) is 0 Å². The summed E-state index contributed by atoms with van der Waals surface area (Å²) in [5.41, 5.74) is 0. The maximum Gasteiger partial charge on any atom is 0.328 e. The monoisotopic (exact) mass is 1360 g/mol. The lowest BCUT2D eigenvalue weighted by Crippen LogP contribution is -2.64. The first-order valence-electron chi connectivity index (χ1n) is 30.9. The number of ether oxygens (including phenoxy) is 9. The lowest BCUT2D eigenvalue weighted by atomic mass is 9.86. The van der Waals surface area contributed by atoms with Crippen LogP contribution in [0.25, 0.3) is 0 Å². The largest absolute Gasteiger partial charge is 0.394 e. The zero-order chi connectivity index (χ0) is 68.8. The van der Waals surface area contributed by atoms with E-state index in [1.165, 1.54) is 27.7 Å². The van der Waals surface area contributed by atoms with Gasteiger partial charge < -0.3 is 141 Å². The molecule has 1 aliphatic carbocycles. The Kier molecular flexibility index (Phi) is 36.4. The molecule has 1 saturated carbocycles. The van der Waals surface area contributed by atoms with E-state index >= 15 is 0 Å². The summed E-state index contributed by atoms with van der Waals surface area (Å²) < 4.78 is 67.8. The van der Waals surface area contributed by atoms with Crippen molar-refractivity contribution in [1.29, 1.82) is 0 Å². The van der Waals surface area contributed by atoms with E-state index in [2.05, 4.69) is 42.5 Å². The third kappa shape index (κ3) is 27.7. The molecule has 0 aromatic rings. The van der Waals surface area contributed by atoms with Crippen molar-refractivity contribution < 1.29 is 141 Å². The molecule has 3 heterocycles. The standard InChI is InChI=1S/C55H97N8O29P/c1-5-93(81,82)92-33-8-6-32(7-9-33)50(78)63-35(52(80)58-16-19-85-22-25-88-55-43(61-31(4)69)49(77)46(74)38(28-66)91-55)11-13-40(71)62-34(51(79)57-15-18-84-21-24-87-54-42(60-30(3)68)48(76)45(73)37(27-65)90-54)10-12-39(70)56-14-17-83-20-23-86-53-41(59-29(2)67)47(75)44(72)36(26-64)89-53/h32-38,41-49,53-55,64-66,72-77H,5-28H2,1-4H3,(H,56,70)(H,57,79)(H,58,80)(H,59,67)(H,60,68)(H,61,69)(H,62,71)(H,63,78)(H,81,82). The van der Waals surface area contributed by atoms with Crippen molar-refractivity contribution in [3.8, 4) is 0 Å². The Morgan fingerprint density at radius 2 is 0.839 bits per heavy atom. The minimum atomic E-state index is -3.83. The van der Waals surface area contributed by atoms with Gasteiger partial charge in [0.2, 0.25) is 47.3 Å². The number of carbonyl (C=O) groups is 8. The smallest absolute Gasteiger partial charge is 0.328 e. The molecule has 3 aliphatic heterocycles. The van der Waals surface area contributed by atoms with Gasteiger partial charge in [0.15, 0.2) is 18.9 Å². The van der Waals surface area contributed by atoms with Gasteiger partial charge in [0.1, 0.15) is 85.1 Å². The van der Waals surface area contributed by atoms with Crippen LogP contribution in [0.4, 0.5) is 0 Å². The molecule has 536 valence electrons. The topological polar surface area (TPSA) is 544 Å². The minimum Gasteiger partial charge on any atom is -0.394 e. The van der Waals surface area contributed by atoms with E-state index in [4.69, 9.17) is 47.2 Å². The number of aliphatic hydroxyl groups excluding tert-OH is 9. The van der Waals surface area contributed by atoms with Gasteiger partial charge in [-0.15, -0.1) is 0 Å². The second-order valence-electron chi connectivity index (χ2n) is 22.5. The fraction of sp³-hybridized carbons (Fsp3) is 0.855. The van der Waals surface area contributed by atoms with E-state index in [0.717, 1.165) is 0 Å². The summed E-state index contributed by atoms with van der Waals surface area (Å²) in [6.07, 6.45) is -17.6. The number of carbonyl (C=O) groups excluding carboxylic acids is 8. The summed E-state index contributed by atoms with van der Waals surface area (Å²) in [4.78, 5) is 114. The molecule has 0 bridgehead atoms. The van der Waals surface area contributed by atoms with Crippen LogP contribution in [-0.2, 0) is 90.1 Å². The quantitative estimate of drug-likeness (QED) is 0.0200. The molecule has 37 nitrogen and oxygen atoms in total. The SMILES string of the molecule is CCP(=O)(O)OC1CCC(C(=O)NC(CCC(=O)NC(CCC(=O)NCCOCCOC2OC(CO)C(O)C(O)C2NC(C)=O)C(=O)NCCOCCOC2OC(CO)C(O)C(O)C2NC(C)=O)C(=O)NCCOCCOC2OC(CO)C(O)C(O)C2NC(C)=O)CC1. The Bertz CT molecular complexity index is 2370. The summed E-state index contributed by atoms with van der Waals surface area (Å²) in [7, 11) is -3.83. The summed E-state index contributed by atoms with van der Waals surface area (Å²) in [6, 6.07) is -6.26. The van der Waals surface area contributed by atoms with Gasteiger partial charge in [0, 0.05) is 65.3 Å². The average molecular weight is 1370 g/mol. The van der Waals surface area contributed by atoms with Crippen molar-refractivity contribution in [1.82, 2.24) is 42.5 Å². The molecule has 8 amide bonds. The van der Waals surface area contributed by atoms with Gasteiger partial charge in [-0.3, -0.25) is 42.9 Å². The van der Waals surface area contributed by atoms with Crippen molar-refractivity contribution >= 4 is 54.9 Å². The van der Waals surface area contributed by atoms with Gasteiger partial charge >= 0.3 is 7.60 Å². The zero-order valence-electron chi connectivity index (χ0n) is 52.6. The molecule has 4 fully saturated rings. The van der Waals surface area contributed by atoms with Gasteiger partial charge in [-0.1, -0.05) is 6.92 Å². The summed E-state index contributed by atoms with van der Waals surface area (Å²) in [6.45, 7) is 1.75. The van der Waals surface area contributed by atoms with Crippen LogP contribution in [-0.4, -0.2) is 313 Å². The molecule has 93 heavy (non-hydrogen) atoms. The lowest BCUT2D eigenvalue weighted by molar-refractivity contribution is -0.272. The third-order valence-corrected chi connectivity index (χ3v) is 16.7. The molecule has 3 saturated heterocycles. The van der Waals surface area contributed by atoms with E-state index in [1.807, 2.05) is 0 Å². The highest BCUT2D eigenvalue weighted by atomic mass is 31.2. The number of aliphatic hydroxyl groups is 9. The molecule has 0 spiro atoms. The molecular weight excluding hydrogens is 1270 g/mol. The average Bonchev–Trinajstić information content (AvgIpc) is 0.867. The predicted molar refractivity (Wildman–Crippen MR) is 315 cm³/mol. The van der Waals surface area contributed by atoms with Crippen molar-refractivity contribution in [3.05, 3.63) is 0 Å². The molecular formula is C55H97N8O29P.